The van der Waals surface area contributed by atoms with E-state index in [0.717, 1.165) is 5.75 Å². The molecule has 1 aromatic carbocycles. The Balaban J connectivity index is 2.07. The molecule has 0 spiro atoms. The summed E-state index contributed by atoms with van der Waals surface area (Å²) >= 11 is 0. The number of hydrogen-bond donors (Lipinski definition) is 0. The molecule has 0 N–H and O–H groups in total. The average molecular weight is 284 g/mol. The molecule has 21 heavy (non-hydrogen) atoms. The highest BCUT2D eigenvalue weighted by atomic mass is 16.5. The minimum absolute atomic E-state index is 0.220. The first kappa shape index (κ1) is 14.6. The van der Waals surface area contributed by atoms with Gasteiger partial charge in [-0.15, -0.1) is 11.7 Å². The number of nitriles is 1. The van der Waals surface area contributed by atoms with Crippen LogP contribution < -0.4 is 9.47 Å². The highest BCUT2D eigenvalue weighted by Crippen LogP contribution is 2.19. The Morgan fingerprint density at radius 3 is 2.52 bits per heavy atom. The Labute approximate surface area is 123 Å². The maximum absolute atomic E-state index is 9.03. The highest BCUT2D eigenvalue weighted by molar-refractivity contribution is 5.32. The molecule has 0 fully saturated rings. The van der Waals surface area contributed by atoms with Gasteiger partial charge in [-0.1, -0.05) is 11.3 Å². The molecule has 6 nitrogen and oxygen atoms in total. The molecule has 0 aliphatic rings. The summed E-state index contributed by atoms with van der Waals surface area (Å²) in [6, 6.07) is 9.32. The second-order valence-corrected chi connectivity index (χ2v) is 4.16. The van der Waals surface area contributed by atoms with Crippen molar-refractivity contribution in [2.45, 2.75) is 20.1 Å². The topological polar surface area (TPSA) is 73.0 Å². The van der Waals surface area contributed by atoms with Crippen molar-refractivity contribution in [3.63, 3.8) is 0 Å². The molecule has 2 aromatic rings. The third-order valence-electron chi connectivity index (χ3n) is 2.76. The third-order valence-corrected chi connectivity index (χ3v) is 2.76. The fraction of sp³-hybridized carbons (Fsp3) is 0.267. The van der Waals surface area contributed by atoms with Gasteiger partial charge < -0.3 is 9.47 Å². The molecule has 0 atom stereocenters. The Morgan fingerprint density at radius 2 is 1.95 bits per heavy atom. The summed E-state index contributed by atoms with van der Waals surface area (Å²) in [5.41, 5.74) is 0.897. The number of hydrogen-bond acceptors (Lipinski definition) is 5. The molecular weight excluding hydrogens is 268 g/mol. The lowest BCUT2D eigenvalue weighted by Crippen LogP contribution is -2.07. The molecular formula is C15H16N4O2. The third kappa shape index (κ3) is 3.60. The van der Waals surface area contributed by atoms with Gasteiger partial charge in [0.05, 0.1) is 13.2 Å². The van der Waals surface area contributed by atoms with Gasteiger partial charge in [0.15, 0.2) is 5.69 Å². The number of aromatic nitrogens is 3. The van der Waals surface area contributed by atoms with E-state index in [2.05, 4.69) is 16.9 Å². The first-order valence-corrected chi connectivity index (χ1v) is 6.57. The van der Waals surface area contributed by atoms with Gasteiger partial charge in [0, 0.05) is 0 Å². The van der Waals surface area contributed by atoms with Crippen LogP contribution in [0.3, 0.4) is 0 Å². The zero-order valence-corrected chi connectivity index (χ0v) is 11.8. The molecule has 1 aromatic heterocycles. The molecule has 0 saturated carbocycles. The van der Waals surface area contributed by atoms with E-state index < -0.39 is 0 Å². The van der Waals surface area contributed by atoms with E-state index in [4.69, 9.17) is 14.7 Å². The van der Waals surface area contributed by atoms with Gasteiger partial charge in [0.25, 0.3) is 0 Å². The second kappa shape index (κ2) is 7.10. The van der Waals surface area contributed by atoms with Gasteiger partial charge in [0.1, 0.15) is 29.9 Å². The van der Waals surface area contributed by atoms with E-state index in [0.29, 0.717) is 24.6 Å². The van der Waals surface area contributed by atoms with Crippen LogP contribution >= 0.6 is 0 Å². The van der Waals surface area contributed by atoms with Crippen LogP contribution in [0.25, 0.3) is 0 Å². The van der Waals surface area contributed by atoms with Crippen molar-refractivity contribution in [2.24, 2.45) is 0 Å². The number of allylic oxidation sites excluding steroid dienone is 1. The molecule has 6 heteroatoms. The van der Waals surface area contributed by atoms with Gasteiger partial charge in [-0.05, 0) is 31.2 Å². The van der Waals surface area contributed by atoms with Crippen molar-refractivity contribution in [3.8, 4) is 17.6 Å². The van der Waals surface area contributed by atoms with Crippen LogP contribution in [0.5, 0.6) is 11.5 Å². The summed E-state index contributed by atoms with van der Waals surface area (Å²) in [5.74, 6) is 1.48. The zero-order chi connectivity index (χ0) is 15.1. The number of rotatable bonds is 7. The average Bonchev–Trinajstić information content (AvgIpc) is 2.89. The second-order valence-electron chi connectivity index (χ2n) is 4.16. The van der Waals surface area contributed by atoms with Gasteiger partial charge in [0.2, 0.25) is 0 Å². The fourth-order valence-corrected chi connectivity index (χ4v) is 1.78. The zero-order valence-electron chi connectivity index (χ0n) is 11.8. The lowest BCUT2D eigenvalue weighted by molar-refractivity contribution is 0.291. The summed E-state index contributed by atoms with van der Waals surface area (Å²) < 4.78 is 12.6. The van der Waals surface area contributed by atoms with E-state index in [-0.39, 0.29) is 12.3 Å². The summed E-state index contributed by atoms with van der Waals surface area (Å²) in [6.45, 7) is 6.91. The van der Waals surface area contributed by atoms with E-state index >= 15 is 0 Å². The van der Waals surface area contributed by atoms with Crippen molar-refractivity contribution in [1.29, 1.82) is 5.26 Å². The molecule has 0 aliphatic heterocycles. The number of benzene rings is 1. The minimum atomic E-state index is 0.220. The van der Waals surface area contributed by atoms with Crippen molar-refractivity contribution in [3.05, 3.63) is 48.3 Å². The van der Waals surface area contributed by atoms with E-state index in [1.165, 1.54) is 0 Å². The summed E-state index contributed by atoms with van der Waals surface area (Å²) in [4.78, 5) is 0. The smallest absolute Gasteiger partial charge is 0.189 e. The minimum Gasteiger partial charge on any atom is -0.494 e. The highest BCUT2D eigenvalue weighted by Gasteiger charge is 2.12. The number of ether oxygens (including phenoxy) is 2. The quantitative estimate of drug-likeness (QED) is 0.729. The molecule has 0 unspecified atom stereocenters. The van der Waals surface area contributed by atoms with Crippen LogP contribution in [-0.4, -0.2) is 21.6 Å². The van der Waals surface area contributed by atoms with Crippen LogP contribution in [0.4, 0.5) is 0 Å². The lowest BCUT2D eigenvalue weighted by atomic mass is 10.3. The van der Waals surface area contributed by atoms with Crippen molar-refractivity contribution < 1.29 is 9.47 Å². The Bertz CT molecular complexity index is 641. The van der Waals surface area contributed by atoms with Crippen molar-refractivity contribution in [1.82, 2.24) is 15.0 Å². The predicted octanol–water partition coefficient (Wildman–Crippen LogP) is 2.31. The summed E-state index contributed by atoms with van der Waals surface area (Å²) in [6.07, 6.45) is 1.69. The lowest BCUT2D eigenvalue weighted by Gasteiger charge is -2.08. The predicted molar refractivity (Wildman–Crippen MR) is 76.9 cm³/mol. The van der Waals surface area contributed by atoms with Gasteiger partial charge in [-0.25, -0.2) is 4.68 Å². The molecule has 0 bridgehead atoms. The fourth-order valence-electron chi connectivity index (χ4n) is 1.78. The van der Waals surface area contributed by atoms with E-state index in [9.17, 15) is 0 Å². The Morgan fingerprint density at radius 1 is 1.29 bits per heavy atom. The molecule has 1 heterocycles. The van der Waals surface area contributed by atoms with Gasteiger partial charge >= 0.3 is 0 Å². The van der Waals surface area contributed by atoms with Crippen LogP contribution in [0.1, 0.15) is 18.3 Å². The van der Waals surface area contributed by atoms with Crippen LogP contribution in [0, 0.1) is 11.3 Å². The van der Waals surface area contributed by atoms with Crippen LogP contribution in [-0.2, 0) is 13.2 Å². The largest absolute Gasteiger partial charge is 0.494 e. The van der Waals surface area contributed by atoms with Crippen LogP contribution in [0.15, 0.2) is 36.9 Å². The maximum Gasteiger partial charge on any atom is 0.189 e. The first-order chi connectivity index (χ1) is 10.3. The number of nitrogens with zero attached hydrogens (tertiary/aromatic N) is 4. The van der Waals surface area contributed by atoms with E-state index in [1.54, 1.807) is 10.8 Å². The SMILES string of the molecule is C=CCn1nnc(C#N)c1COc1ccc(OCC)cc1. The Hall–Kier alpha value is -2.81. The van der Waals surface area contributed by atoms with Gasteiger partial charge in [-0.2, -0.15) is 5.26 Å². The van der Waals surface area contributed by atoms with Gasteiger partial charge in [-0.3, -0.25) is 0 Å². The standard InChI is InChI=1S/C15H16N4O2/c1-3-9-19-15(14(10-16)17-18-19)11-21-13-7-5-12(6-8-13)20-4-2/h3,5-8H,1,4,9,11H2,2H3. The summed E-state index contributed by atoms with van der Waals surface area (Å²) in [5, 5.41) is 16.7. The molecule has 108 valence electrons. The monoisotopic (exact) mass is 284 g/mol. The molecule has 0 radical (unpaired) electrons. The summed E-state index contributed by atoms with van der Waals surface area (Å²) in [7, 11) is 0. The van der Waals surface area contributed by atoms with E-state index in [1.807, 2.05) is 37.3 Å². The van der Waals surface area contributed by atoms with Crippen LogP contribution in [0.2, 0.25) is 0 Å². The maximum atomic E-state index is 9.03. The Kier molecular flexibility index (Phi) is 4.94. The molecule has 0 aliphatic carbocycles. The van der Waals surface area contributed by atoms with Crippen molar-refractivity contribution >= 4 is 0 Å². The normalized spacial score (nSPS) is 9.90. The molecule has 0 amide bonds. The van der Waals surface area contributed by atoms with Crippen molar-refractivity contribution in [2.75, 3.05) is 6.61 Å². The molecule has 2 rings (SSSR count). The first-order valence-electron chi connectivity index (χ1n) is 6.57. The molecule has 0 saturated heterocycles.